The zero-order valence-electron chi connectivity index (χ0n) is 22.1. The molecule has 0 saturated carbocycles. The summed E-state index contributed by atoms with van der Waals surface area (Å²) < 4.78 is 15.8. The maximum absolute atomic E-state index is 13.3. The summed E-state index contributed by atoms with van der Waals surface area (Å²) in [7, 11) is 7.19. The fourth-order valence-electron chi connectivity index (χ4n) is 3.78. The minimum absolute atomic E-state index is 0.235. The van der Waals surface area contributed by atoms with Gasteiger partial charge in [0.2, 0.25) is 0 Å². The van der Waals surface area contributed by atoms with Gasteiger partial charge < -0.3 is 29.3 Å². The van der Waals surface area contributed by atoms with Crippen LogP contribution in [0.3, 0.4) is 0 Å². The summed E-state index contributed by atoms with van der Waals surface area (Å²) >= 11 is 0. The van der Waals surface area contributed by atoms with Crippen molar-refractivity contribution in [2.45, 2.75) is 19.9 Å². The van der Waals surface area contributed by atoms with E-state index in [1.54, 1.807) is 50.3 Å². The monoisotopic (exact) mass is 505 g/mol. The van der Waals surface area contributed by atoms with E-state index in [4.69, 9.17) is 14.2 Å². The van der Waals surface area contributed by atoms with Gasteiger partial charge >= 0.3 is 12.0 Å². The molecule has 0 bridgehead atoms. The molecular weight excluding hydrogens is 470 g/mol. The van der Waals surface area contributed by atoms with E-state index in [9.17, 15) is 9.59 Å². The van der Waals surface area contributed by atoms with Gasteiger partial charge in [0.1, 0.15) is 0 Å². The number of nitrogens with zero attached hydrogens (tertiary/aromatic N) is 2. The van der Waals surface area contributed by atoms with Gasteiger partial charge in [0, 0.05) is 38.6 Å². The molecule has 3 aromatic carbocycles. The van der Waals surface area contributed by atoms with Crippen LogP contribution in [0.15, 0.2) is 66.7 Å². The zero-order chi connectivity index (χ0) is 26.8. The summed E-state index contributed by atoms with van der Waals surface area (Å²) in [6.07, 6.45) is 0.630. The third-order valence-corrected chi connectivity index (χ3v) is 5.88. The molecule has 0 heterocycles. The van der Waals surface area contributed by atoms with Crippen molar-refractivity contribution in [1.29, 1.82) is 0 Å². The molecule has 37 heavy (non-hydrogen) atoms. The number of carbonyl (C=O) groups excluding carboxylic acids is 2. The van der Waals surface area contributed by atoms with Gasteiger partial charge in [-0.25, -0.2) is 9.59 Å². The number of benzene rings is 3. The van der Waals surface area contributed by atoms with E-state index in [2.05, 4.69) is 5.32 Å². The number of carbonyl (C=O) groups is 2. The second-order valence-electron chi connectivity index (χ2n) is 8.65. The van der Waals surface area contributed by atoms with E-state index in [1.807, 2.05) is 61.5 Å². The number of hydrogen-bond acceptors (Lipinski definition) is 6. The number of anilines is 2. The number of rotatable bonds is 11. The maximum atomic E-state index is 13.3. The molecule has 0 unspecified atom stereocenters. The lowest BCUT2D eigenvalue weighted by atomic mass is 10.1. The molecule has 0 atom stereocenters. The van der Waals surface area contributed by atoms with Gasteiger partial charge in [-0.1, -0.05) is 18.2 Å². The van der Waals surface area contributed by atoms with Gasteiger partial charge in [-0.15, -0.1) is 0 Å². The molecule has 0 aliphatic heterocycles. The van der Waals surface area contributed by atoms with Gasteiger partial charge in [0.15, 0.2) is 11.5 Å². The molecule has 0 spiro atoms. The maximum Gasteiger partial charge on any atom is 0.338 e. The Hall–Kier alpha value is -4.20. The second-order valence-corrected chi connectivity index (χ2v) is 8.65. The Labute approximate surface area is 218 Å². The Balaban J connectivity index is 1.76. The normalized spacial score (nSPS) is 10.4. The number of hydrogen-bond donors (Lipinski definition) is 1. The van der Waals surface area contributed by atoms with Crippen LogP contribution in [0.4, 0.5) is 16.2 Å². The molecule has 0 aliphatic carbocycles. The smallest absolute Gasteiger partial charge is 0.338 e. The van der Waals surface area contributed by atoms with Crippen molar-refractivity contribution in [2.24, 2.45) is 0 Å². The highest BCUT2D eigenvalue weighted by Crippen LogP contribution is 2.28. The summed E-state index contributed by atoms with van der Waals surface area (Å²) in [4.78, 5) is 29.1. The van der Waals surface area contributed by atoms with Crippen molar-refractivity contribution in [3.63, 3.8) is 0 Å². The van der Waals surface area contributed by atoms with Gasteiger partial charge in [0.25, 0.3) is 0 Å². The van der Waals surface area contributed by atoms with E-state index in [1.165, 1.54) is 0 Å². The first-order valence-electron chi connectivity index (χ1n) is 12.1. The molecule has 3 rings (SSSR count). The van der Waals surface area contributed by atoms with Crippen LogP contribution < -0.4 is 19.7 Å². The molecule has 0 aliphatic rings. The summed E-state index contributed by atoms with van der Waals surface area (Å²) in [6, 6.07) is 20.3. The quantitative estimate of drug-likeness (QED) is 0.360. The Bertz CT molecular complexity index is 1180. The van der Waals surface area contributed by atoms with E-state index in [0.29, 0.717) is 48.9 Å². The first-order valence-corrected chi connectivity index (χ1v) is 12.1. The Kier molecular flexibility index (Phi) is 9.77. The van der Waals surface area contributed by atoms with Crippen molar-refractivity contribution in [2.75, 3.05) is 51.7 Å². The van der Waals surface area contributed by atoms with Crippen LogP contribution in [0.2, 0.25) is 0 Å². The average Bonchev–Trinajstić information content (AvgIpc) is 2.91. The van der Waals surface area contributed by atoms with Crippen molar-refractivity contribution >= 4 is 23.4 Å². The van der Waals surface area contributed by atoms with E-state index >= 15 is 0 Å². The molecular formula is C29H35N3O5. The van der Waals surface area contributed by atoms with Gasteiger partial charge in [-0.3, -0.25) is 0 Å². The van der Waals surface area contributed by atoms with Crippen LogP contribution in [0, 0.1) is 0 Å². The van der Waals surface area contributed by atoms with Gasteiger partial charge in [-0.05, 0) is 73.0 Å². The van der Waals surface area contributed by atoms with Crippen molar-refractivity contribution in [3.8, 4) is 11.5 Å². The van der Waals surface area contributed by atoms with Crippen LogP contribution in [-0.4, -0.2) is 58.4 Å². The fourth-order valence-corrected chi connectivity index (χ4v) is 3.78. The van der Waals surface area contributed by atoms with Crippen LogP contribution in [0.25, 0.3) is 0 Å². The lowest BCUT2D eigenvalue weighted by Gasteiger charge is -2.24. The Morgan fingerprint density at radius 3 is 2.08 bits per heavy atom. The fraction of sp³-hybridized carbons (Fsp3) is 0.310. The summed E-state index contributed by atoms with van der Waals surface area (Å²) in [5.74, 6) is 0.920. The van der Waals surface area contributed by atoms with E-state index in [0.717, 1.165) is 16.8 Å². The standard InChI is InChI=1S/C29H35N3O5/c1-6-37-28(33)23-10-12-24(13-11-23)30-29(34)32(20-22-7-14-25(15-8-22)31(2)3)18-17-21-9-16-26(35-4)27(19-21)36-5/h7-16,19H,6,17-18,20H2,1-5H3,(H,30,34). The number of urea groups is 1. The summed E-state index contributed by atoms with van der Waals surface area (Å²) in [5.41, 5.74) is 4.16. The van der Waals surface area contributed by atoms with E-state index < -0.39 is 5.97 Å². The number of esters is 1. The largest absolute Gasteiger partial charge is 0.493 e. The molecule has 0 saturated heterocycles. The van der Waals surface area contributed by atoms with Gasteiger partial charge in [-0.2, -0.15) is 0 Å². The number of nitrogens with one attached hydrogen (secondary N) is 1. The van der Waals surface area contributed by atoms with Crippen LogP contribution in [-0.2, 0) is 17.7 Å². The van der Waals surface area contributed by atoms with Crippen LogP contribution in [0.5, 0.6) is 11.5 Å². The van der Waals surface area contributed by atoms with Crippen molar-refractivity contribution in [3.05, 3.63) is 83.4 Å². The highest BCUT2D eigenvalue weighted by Gasteiger charge is 2.16. The molecule has 0 aromatic heterocycles. The predicted octanol–water partition coefficient (Wildman–Crippen LogP) is 5.22. The molecule has 8 nitrogen and oxygen atoms in total. The average molecular weight is 506 g/mol. The number of amides is 2. The molecule has 2 amide bonds. The highest BCUT2D eigenvalue weighted by atomic mass is 16.5. The molecule has 1 N–H and O–H groups in total. The SMILES string of the molecule is CCOC(=O)c1ccc(NC(=O)N(CCc2ccc(OC)c(OC)c2)Cc2ccc(N(C)C)cc2)cc1. The first kappa shape index (κ1) is 27.4. The third kappa shape index (κ3) is 7.64. The molecule has 0 radical (unpaired) electrons. The minimum atomic E-state index is -0.391. The minimum Gasteiger partial charge on any atom is -0.493 e. The molecule has 3 aromatic rings. The Morgan fingerprint density at radius 2 is 1.49 bits per heavy atom. The zero-order valence-corrected chi connectivity index (χ0v) is 22.1. The van der Waals surface area contributed by atoms with Crippen molar-refractivity contribution < 1.29 is 23.8 Å². The lowest BCUT2D eigenvalue weighted by molar-refractivity contribution is 0.0526. The van der Waals surface area contributed by atoms with Gasteiger partial charge in [0.05, 0.1) is 26.4 Å². The highest BCUT2D eigenvalue weighted by molar-refractivity contribution is 5.92. The van der Waals surface area contributed by atoms with E-state index in [-0.39, 0.29) is 6.03 Å². The topological polar surface area (TPSA) is 80.3 Å². The second kappa shape index (κ2) is 13.2. The Morgan fingerprint density at radius 1 is 0.838 bits per heavy atom. The van der Waals surface area contributed by atoms with Crippen molar-refractivity contribution in [1.82, 2.24) is 4.90 Å². The number of ether oxygens (including phenoxy) is 3. The predicted molar refractivity (Wildman–Crippen MR) is 146 cm³/mol. The lowest BCUT2D eigenvalue weighted by Crippen LogP contribution is -2.36. The van der Waals surface area contributed by atoms with Crippen LogP contribution in [0.1, 0.15) is 28.4 Å². The summed E-state index contributed by atoms with van der Waals surface area (Å²) in [5, 5.41) is 2.95. The molecule has 8 heteroatoms. The molecule has 196 valence electrons. The van der Waals surface area contributed by atoms with Crippen LogP contribution >= 0.6 is 0 Å². The first-order chi connectivity index (χ1) is 17.8. The number of methoxy groups -OCH3 is 2. The third-order valence-electron chi connectivity index (χ3n) is 5.88. The summed E-state index contributed by atoms with van der Waals surface area (Å²) in [6.45, 7) is 2.99. The molecule has 0 fully saturated rings.